The zero-order valence-corrected chi connectivity index (χ0v) is 10.2. The highest BCUT2D eigenvalue weighted by molar-refractivity contribution is 5.85. The Morgan fingerprint density at radius 1 is 1.13 bits per heavy atom. The second-order valence-corrected chi connectivity index (χ2v) is 3.17. The predicted octanol–water partition coefficient (Wildman–Crippen LogP) is 1.94. The smallest absolute Gasteiger partial charge is 0.122 e. The fourth-order valence-corrected chi connectivity index (χ4v) is 1.46. The van der Waals surface area contributed by atoms with Crippen LogP contribution in [0.15, 0.2) is 12.1 Å². The highest BCUT2D eigenvalue weighted by atomic mass is 35.5. The van der Waals surface area contributed by atoms with Crippen LogP contribution in [0.2, 0.25) is 0 Å². The van der Waals surface area contributed by atoms with Gasteiger partial charge in [-0.2, -0.15) is 0 Å². The Kier molecular flexibility index (Phi) is 6.13. The van der Waals surface area contributed by atoms with Gasteiger partial charge in [-0.1, -0.05) is 0 Å². The lowest BCUT2D eigenvalue weighted by atomic mass is 10.1. The molecule has 0 heterocycles. The van der Waals surface area contributed by atoms with Gasteiger partial charge in [0.1, 0.15) is 11.5 Å². The van der Waals surface area contributed by atoms with Crippen LogP contribution in [-0.2, 0) is 6.42 Å². The van der Waals surface area contributed by atoms with Crippen LogP contribution in [-0.4, -0.2) is 20.8 Å². The van der Waals surface area contributed by atoms with Crippen molar-refractivity contribution in [2.24, 2.45) is 5.73 Å². The summed E-state index contributed by atoms with van der Waals surface area (Å²) in [5.74, 6) is 1.77. The maximum atomic E-state index is 5.52. The van der Waals surface area contributed by atoms with Gasteiger partial charge in [-0.05, 0) is 43.1 Å². The molecule has 0 aliphatic heterocycles. The van der Waals surface area contributed by atoms with Crippen molar-refractivity contribution in [3.05, 3.63) is 23.3 Å². The Balaban J connectivity index is 0.00000196. The molecular weight excluding hydrogens is 214 g/mol. The SMILES string of the molecule is COc1cc(CCN)c(OC)cc1C.Cl. The van der Waals surface area contributed by atoms with Crippen LogP contribution in [0.1, 0.15) is 11.1 Å². The fraction of sp³-hybridized carbons (Fsp3) is 0.455. The molecule has 1 rings (SSSR count). The summed E-state index contributed by atoms with van der Waals surface area (Å²) < 4.78 is 10.5. The summed E-state index contributed by atoms with van der Waals surface area (Å²) in [4.78, 5) is 0. The van der Waals surface area contributed by atoms with Gasteiger partial charge in [-0.25, -0.2) is 0 Å². The first-order chi connectivity index (χ1) is 6.72. The van der Waals surface area contributed by atoms with Gasteiger partial charge in [0, 0.05) is 0 Å². The molecule has 0 atom stereocenters. The Labute approximate surface area is 97.0 Å². The van der Waals surface area contributed by atoms with Crippen molar-refractivity contribution in [2.45, 2.75) is 13.3 Å². The molecule has 0 amide bonds. The topological polar surface area (TPSA) is 44.5 Å². The van der Waals surface area contributed by atoms with E-state index in [0.29, 0.717) is 6.54 Å². The Bertz CT molecular complexity index is 316. The van der Waals surface area contributed by atoms with Gasteiger partial charge in [-0.3, -0.25) is 0 Å². The normalized spacial score (nSPS) is 9.33. The van der Waals surface area contributed by atoms with Gasteiger partial charge in [0.05, 0.1) is 14.2 Å². The maximum absolute atomic E-state index is 5.52. The molecule has 0 radical (unpaired) electrons. The van der Waals surface area contributed by atoms with E-state index in [2.05, 4.69) is 0 Å². The Morgan fingerprint density at radius 3 is 2.20 bits per heavy atom. The molecule has 4 heteroatoms. The first-order valence-electron chi connectivity index (χ1n) is 4.64. The maximum Gasteiger partial charge on any atom is 0.122 e. The van der Waals surface area contributed by atoms with Crippen LogP contribution in [0.25, 0.3) is 0 Å². The molecule has 0 unspecified atom stereocenters. The summed E-state index contributed by atoms with van der Waals surface area (Å²) in [6.45, 7) is 2.61. The first kappa shape index (κ1) is 14.1. The van der Waals surface area contributed by atoms with Crippen LogP contribution in [0.4, 0.5) is 0 Å². The summed E-state index contributed by atoms with van der Waals surface area (Å²) in [5.41, 5.74) is 7.69. The highest BCUT2D eigenvalue weighted by Crippen LogP contribution is 2.28. The zero-order valence-electron chi connectivity index (χ0n) is 9.37. The highest BCUT2D eigenvalue weighted by Gasteiger charge is 2.07. The van der Waals surface area contributed by atoms with Crippen molar-refractivity contribution in [1.82, 2.24) is 0 Å². The molecule has 0 bridgehead atoms. The lowest BCUT2D eigenvalue weighted by molar-refractivity contribution is 0.396. The Morgan fingerprint density at radius 2 is 1.73 bits per heavy atom. The van der Waals surface area contributed by atoms with Crippen molar-refractivity contribution in [2.75, 3.05) is 20.8 Å². The summed E-state index contributed by atoms with van der Waals surface area (Å²) in [6.07, 6.45) is 0.805. The number of nitrogens with two attached hydrogens (primary N) is 1. The molecule has 0 aliphatic carbocycles. The number of aryl methyl sites for hydroxylation is 1. The van der Waals surface area contributed by atoms with E-state index < -0.39 is 0 Å². The van der Waals surface area contributed by atoms with Gasteiger partial charge < -0.3 is 15.2 Å². The predicted molar refractivity (Wildman–Crippen MR) is 64.3 cm³/mol. The largest absolute Gasteiger partial charge is 0.496 e. The summed E-state index contributed by atoms with van der Waals surface area (Å²) in [5, 5.41) is 0. The quantitative estimate of drug-likeness (QED) is 0.862. The zero-order chi connectivity index (χ0) is 10.6. The van der Waals surface area contributed by atoms with Gasteiger partial charge in [0.15, 0.2) is 0 Å². The number of methoxy groups -OCH3 is 2. The van der Waals surface area contributed by atoms with E-state index in [1.165, 1.54) is 0 Å². The molecular formula is C11H18ClNO2. The number of hydrogen-bond acceptors (Lipinski definition) is 3. The number of rotatable bonds is 4. The van der Waals surface area contributed by atoms with E-state index >= 15 is 0 Å². The average Bonchev–Trinajstić information content (AvgIpc) is 2.20. The van der Waals surface area contributed by atoms with Crippen LogP contribution >= 0.6 is 12.4 Å². The fourth-order valence-electron chi connectivity index (χ4n) is 1.46. The third-order valence-electron chi connectivity index (χ3n) is 2.21. The van der Waals surface area contributed by atoms with Crippen molar-refractivity contribution >= 4 is 12.4 Å². The second kappa shape index (κ2) is 6.53. The molecule has 1 aromatic carbocycles. The van der Waals surface area contributed by atoms with Crippen LogP contribution in [0, 0.1) is 6.92 Å². The Hall–Kier alpha value is -0.930. The third-order valence-corrected chi connectivity index (χ3v) is 2.21. The minimum absolute atomic E-state index is 0. The van der Waals surface area contributed by atoms with Crippen LogP contribution in [0.5, 0.6) is 11.5 Å². The first-order valence-corrected chi connectivity index (χ1v) is 4.64. The molecule has 0 saturated heterocycles. The minimum atomic E-state index is 0. The van der Waals surface area contributed by atoms with Crippen molar-refractivity contribution in [1.29, 1.82) is 0 Å². The lowest BCUT2D eigenvalue weighted by Crippen LogP contribution is -2.05. The average molecular weight is 232 g/mol. The van der Waals surface area contributed by atoms with Crippen LogP contribution in [0.3, 0.4) is 0 Å². The minimum Gasteiger partial charge on any atom is -0.496 e. The molecule has 0 spiro atoms. The number of ether oxygens (including phenoxy) is 2. The molecule has 3 nitrogen and oxygen atoms in total. The van der Waals surface area contributed by atoms with E-state index in [1.807, 2.05) is 19.1 Å². The molecule has 0 aromatic heterocycles. The number of halogens is 1. The molecule has 0 aliphatic rings. The van der Waals surface area contributed by atoms with Crippen molar-refractivity contribution in [3.63, 3.8) is 0 Å². The summed E-state index contributed by atoms with van der Waals surface area (Å²) in [7, 11) is 3.34. The molecule has 2 N–H and O–H groups in total. The summed E-state index contributed by atoms with van der Waals surface area (Å²) in [6, 6.07) is 3.96. The van der Waals surface area contributed by atoms with E-state index in [9.17, 15) is 0 Å². The van der Waals surface area contributed by atoms with Gasteiger partial charge in [0.2, 0.25) is 0 Å². The van der Waals surface area contributed by atoms with Crippen LogP contribution < -0.4 is 15.2 Å². The van der Waals surface area contributed by atoms with Crippen molar-refractivity contribution in [3.8, 4) is 11.5 Å². The van der Waals surface area contributed by atoms with Gasteiger partial charge >= 0.3 is 0 Å². The van der Waals surface area contributed by atoms with E-state index in [4.69, 9.17) is 15.2 Å². The van der Waals surface area contributed by atoms with Gasteiger partial charge in [-0.15, -0.1) is 12.4 Å². The standard InChI is InChI=1S/C11H17NO2.ClH/c1-8-6-11(14-3)9(4-5-12)7-10(8)13-2;/h6-7H,4-5,12H2,1-3H3;1H. The lowest BCUT2D eigenvalue weighted by Gasteiger charge is -2.12. The molecule has 1 aromatic rings. The number of hydrogen-bond donors (Lipinski definition) is 1. The molecule has 0 saturated carbocycles. The molecule has 15 heavy (non-hydrogen) atoms. The summed E-state index contributed by atoms with van der Waals surface area (Å²) >= 11 is 0. The van der Waals surface area contributed by atoms with Gasteiger partial charge in [0.25, 0.3) is 0 Å². The van der Waals surface area contributed by atoms with E-state index in [1.54, 1.807) is 14.2 Å². The molecule has 86 valence electrons. The number of benzene rings is 1. The monoisotopic (exact) mass is 231 g/mol. The van der Waals surface area contributed by atoms with Crippen molar-refractivity contribution < 1.29 is 9.47 Å². The van der Waals surface area contributed by atoms with E-state index in [-0.39, 0.29) is 12.4 Å². The second-order valence-electron chi connectivity index (χ2n) is 3.17. The molecule has 0 fully saturated rings. The third kappa shape index (κ3) is 3.29. The van der Waals surface area contributed by atoms with E-state index in [0.717, 1.165) is 29.0 Å².